The van der Waals surface area contributed by atoms with Crippen LogP contribution in [0.4, 0.5) is 0 Å². The zero-order valence-electron chi connectivity index (χ0n) is 11.5. The third kappa shape index (κ3) is 2.11. The van der Waals surface area contributed by atoms with Gasteiger partial charge in [0.05, 0.1) is 17.4 Å². The molecule has 3 rings (SSSR count). The van der Waals surface area contributed by atoms with Gasteiger partial charge in [-0.1, -0.05) is 26.0 Å². The van der Waals surface area contributed by atoms with Crippen molar-refractivity contribution in [3.63, 3.8) is 0 Å². The lowest BCUT2D eigenvalue weighted by Gasteiger charge is -2.25. The van der Waals surface area contributed by atoms with Gasteiger partial charge in [-0.15, -0.1) is 0 Å². The van der Waals surface area contributed by atoms with E-state index in [1.165, 1.54) is 0 Å². The lowest BCUT2D eigenvalue weighted by Crippen LogP contribution is -2.26. The standard InChI is InChI=1S/C16H16O4/c1-9(2)7-10-8-13(17)20-15-11-5-3-4-6-12(11)19-16(18)14(10)15/h3-6,9-10H,7-8H2,1-2H3/t10-/m0/s1. The molecule has 0 amide bonds. The second kappa shape index (κ2) is 4.78. The van der Waals surface area contributed by atoms with Crippen molar-refractivity contribution in [3.8, 4) is 5.75 Å². The van der Waals surface area contributed by atoms with Gasteiger partial charge < -0.3 is 9.15 Å². The molecule has 0 saturated heterocycles. The largest absolute Gasteiger partial charge is 0.425 e. The van der Waals surface area contributed by atoms with E-state index in [-0.39, 0.29) is 18.3 Å². The summed E-state index contributed by atoms with van der Waals surface area (Å²) in [7, 11) is 0. The molecule has 0 bridgehead atoms. The highest BCUT2D eigenvalue weighted by atomic mass is 16.5. The molecule has 4 nitrogen and oxygen atoms in total. The molecular weight excluding hydrogens is 256 g/mol. The minimum Gasteiger partial charge on any atom is -0.425 e. The minimum absolute atomic E-state index is 0.118. The van der Waals surface area contributed by atoms with Crippen molar-refractivity contribution in [1.29, 1.82) is 0 Å². The van der Waals surface area contributed by atoms with Crippen molar-refractivity contribution in [1.82, 2.24) is 0 Å². The fourth-order valence-corrected chi connectivity index (χ4v) is 2.83. The fourth-order valence-electron chi connectivity index (χ4n) is 2.83. The van der Waals surface area contributed by atoms with Crippen LogP contribution in [0.25, 0.3) is 11.0 Å². The number of rotatable bonds is 2. The topological polar surface area (TPSA) is 56.5 Å². The first-order valence-electron chi connectivity index (χ1n) is 6.82. The monoisotopic (exact) mass is 272 g/mol. The van der Waals surface area contributed by atoms with Gasteiger partial charge in [-0.25, -0.2) is 4.79 Å². The highest BCUT2D eigenvalue weighted by Crippen LogP contribution is 2.39. The van der Waals surface area contributed by atoms with Crippen LogP contribution in [0.3, 0.4) is 0 Å². The zero-order chi connectivity index (χ0) is 14.3. The molecule has 0 spiro atoms. The van der Waals surface area contributed by atoms with Crippen molar-refractivity contribution in [3.05, 3.63) is 40.2 Å². The molecule has 0 aliphatic carbocycles. The first-order chi connectivity index (χ1) is 9.56. The Morgan fingerprint density at radius 3 is 2.75 bits per heavy atom. The number of esters is 1. The Labute approximate surface area is 116 Å². The zero-order valence-corrected chi connectivity index (χ0v) is 11.5. The summed E-state index contributed by atoms with van der Waals surface area (Å²) in [4.78, 5) is 24.0. The average Bonchev–Trinajstić information content (AvgIpc) is 2.37. The summed E-state index contributed by atoms with van der Waals surface area (Å²) < 4.78 is 10.7. The Hall–Kier alpha value is -2.10. The first-order valence-corrected chi connectivity index (χ1v) is 6.82. The Bertz CT molecular complexity index is 727. The highest BCUT2D eigenvalue weighted by molar-refractivity contribution is 5.89. The summed E-state index contributed by atoms with van der Waals surface area (Å²) in [6.07, 6.45) is 1.01. The van der Waals surface area contributed by atoms with E-state index in [0.29, 0.717) is 28.2 Å². The number of fused-ring (bicyclic) bond motifs is 3. The van der Waals surface area contributed by atoms with Crippen LogP contribution in [0, 0.1) is 5.92 Å². The van der Waals surface area contributed by atoms with Gasteiger partial charge in [0.2, 0.25) is 0 Å². The fraction of sp³-hybridized carbons (Fsp3) is 0.375. The van der Waals surface area contributed by atoms with Crippen molar-refractivity contribution >= 4 is 16.9 Å². The predicted octanol–water partition coefficient (Wildman–Crippen LogP) is 3.23. The van der Waals surface area contributed by atoms with Crippen molar-refractivity contribution in [2.24, 2.45) is 5.92 Å². The van der Waals surface area contributed by atoms with E-state index in [1.807, 2.05) is 12.1 Å². The second-order valence-corrected chi connectivity index (χ2v) is 5.63. The lowest BCUT2D eigenvalue weighted by atomic mass is 9.86. The van der Waals surface area contributed by atoms with Crippen LogP contribution in [0.2, 0.25) is 0 Å². The molecular formula is C16H16O4. The summed E-state index contributed by atoms with van der Waals surface area (Å²) in [5.74, 6) is 0.384. The summed E-state index contributed by atoms with van der Waals surface area (Å²) in [6.45, 7) is 4.14. The Morgan fingerprint density at radius 1 is 1.25 bits per heavy atom. The predicted molar refractivity (Wildman–Crippen MR) is 74.9 cm³/mol. The molecule has 1 aromatic carbocycles. The Kier molecular flexibility index (Phi) is 3.08. The number of hydrogen-bond acceptors (Lipinski definition) is 4. The lowest BCUT2D eigenvalue weighted by molar-refractivity contribution is -0.136. The average molecular weight is 272 g/mol. The molecule has 0 fully saturated rings. The van der Waals surface area contributed by atoms with Crippen molar-refractivity contribution < 1.29 is 13.9 Å². The van der Waals surface area contributed by atoms with E-state index in [4.69, 9.17) is 9.15 Å². The van der Waals surface area contributed by atoms with E-state index in [9.17, 15) is 9.59 Å². The second-order valence-electron chi connectivity index (χ2n) is 5.63. The van der Waals surface area contributed by atoms with Gasteiger partial charge >= 0.3 is 11.6 Å². The van der Waals surface area contributed by atoms with Crippen LogP contribution < -0.4 is 10.4 Å². The van der Waals surface area contributed by atoms with E-state index in [2.05, 4.69) is 13.8 Å². The van der Waals surface area contributed by atoms with Gasteiger partial charge in [0.25, 0.3) is 0 Å². The molecule has 0 unspecified atom stereocenters. The van der Waals surface area contributed by atoms with Crippen LogP contribution >= 0.6 is 0 Å². The van der Waals surface area contributed by atoms with E-state index in [1.54, 1.807) is 12.1 Å². The van der Waals surface area contributed by atoms with Crippen molar-refractivity contribution in [2.45, 2.75) is 32.6 Å². The number of benzene rings is 1. The smallest absolute Gasteiger partial charge is 0.343 e. The molecule has 1 aromatic heterocycles. The molecule has 1 aliphatic rings. The quantitative estimate of drug-likeness (QED) is 0.622. The van der Waals surface area contributed by atoms with Crippen LogP contribution in [0.1, 0.15) is 38.2 Å². The molecule has 4 heteroatoms. The number of carbonyl (C=O) groups is 1. The number of hydrogen-bond donors (Lipinski definition) is 0. The molecule has 0 saturated carbocycles. The minimum atomic E-state index is -0.392. The maximum Gasteiger partial charge on any atom is 0.343 e. The third-order valence-electron chi connectivity index (χ3n) is 3.59. The van der Waals surface area contributed by atoms with Gasteiger partial charge in [0.15, 0.2) is 5.75 Å². The maximum atomic E-state index is 12.2. The molecule has 20 heavy (non-hydrogen) atoms. The Morgan fingerprint density at radius 2 is 2.00 bits per heavy atom. The summed E-state index contributed by atoms with van der Waals surface area (Å²) in [6, 6.07) is 7.13. The van der Waals surface area contributed by atoms with E-state index >= 15 is 0 Å². The summed E-state index contributed by atoms with van der Waals surface area (Å²) >= 11 is 0. The van der Waals surface area contributed by atoms with Gasteiger partial charge in [-0.3, -0.25) is 4.79 Å². The molecule has 0 N–H and O–H groups in total. The van der Waals surface area contributed by atoms with E-state index in [0.717, 1.165) is 6.42 Å². The van der Waals surface area contributed by atoms with Crippen molar-refractivity contribution in [2.75, 3.05) is 0 Å². The Balaban J connectivity index is 2.26. The molecule has 2 aromatic rings. The van der Waals surface area contributed by atoms with Crippen LogP contribution in [-0.4, -0.2) is 5.97 Å². The van der Waals surface area contributed by atoms with Gasteiger partial charge in [-0.05, 0) is 24.5 Å². The van der Waals surface area contributed by atoms with Crippen LogP contribution in [0.5, 0.6) is 5.75 Å². The molecule has 2 heterocycles. The summed E-state index contributed by atoms with van der Waals surface area (Å²) in [5, 5.41) is 0.684. The molecule has 0 radical (unpaired) electrons. The third-order valence-corrected chi connectivity index (χ3v) is 3.59. The molecule has 104 valence electrons. The number of para-hydroxylation sites is 1. The van der Waals surface area contributed by atoms with E-state index < -0.39 is 5.63 Å². The van der Waals surface area contributed by atoms with Gasteiger partial charge in [0.1, 0.15) is 5.58 Å². The normalized spacial score (nSPS) is 18.1. The number of carbonyl (C=O) groups excluding carboxylic acids is 1. The molecule has 1 atom stereocenters. The van der Waals surface area contributed by atoms with Gasteiger partial charge in [-0.2, -0.15) is 0 Å². The van der Waals surface area contributed by atoms with Crippen LogP contribution in [-0.2, 0) is 4.79 Å². The maximum absolute atomic E-state index is 12.2. The SMILES string of the molecule is CC(C)C[C@H]1CC(=O)Oc2c1c(=O)oc1ccccc21. The van der Waals surface area contributed by atoms with Crippen LogP contribution in [0.15, 0.2) is 33.5 Å². The summed E-state index contributed by atoms with van der Waals surface area (Å²) in [5.41, 5.74) is 0.572. The molecule has 1 aliphatic heterocycles. The van der Waals surface area contributed by atoms with Gasteiger partial charge in [0, 0.05) is 5.92 Å². The number of ether oxygens (including phenoxy) is 1. The first kappa shape index (κ1) is 12.9. The highest BCUT2D eigenvalue weighted by Gasteiger charge is 2.32.